The summed E-state index contributed by atoms with van der Waals surface area (Å²) < 4.78 is 80.8. The summed E-state index contributed by atoms with van der Waals surface area (Å²) in [6.45, 7) is 0. The summed E-state index contributed by atoms with van der Waals surface area (Å²) in [4.78, 5) is 0. The van der Waals surface area contributed by atoms with E-state index in [1.807, 2.05) is 0 Å². The minimum atomic E-state index is -5.44. The van der Waals surface area contributed by atoms with Crippen LogP contribution in [0, 0.1) is 5.92 Å². The van der Waals surface area contributed by atoms with Gasteiger partial charge in [0.05, 0.1) is 0 Å². The van der Waals surface area contributed by atoms with E-state index < -0.39 is 23.9 Å². The molecule has 0 amide bonds. The molecule has 17 heavy (non-hydrogen) atoms. The molecule has 1 aliphatic rings. The lowest BCUT2D eigenvalue weighted by atomic mass is 9.75. The van der Waals surface area contributed by atoms with E-state index in [0.717, 1.165) is 0 Å². The highest BCUT2D eigenvalue weighted by molar-refractivity contribution is 5.01. The quantitative estimate of drug-likeness (QED) is 0.683. The van der Waals surface area contributed by atoms with Crippen molar-refractivity contribution in [2.75, 3.05) is 7.11 Å². The van der Waals surface area contributed by atoms with E-state index in [0.29, 0.717) is 26.4 Å². The third-order valence-corrected chi connectivity index (χ3v) is 3.34. The molecule has 0 radical (unpaired) electrons. The zero-order valence-corrected chi connectivity index (χ0v) is 9.29. The van der Waals surface area contributed by atoms with Crippen LogP contribution in [0.25, 0.3) is 0 Å². The monoisotopic (exact) mass is 264 g/mol. The summed E-state index contributed by atoms with van der Waals surface area (Å²) in [5.41, 5.74) is -4.01. The number of halogens is 6. The third kappa shape index (κ3) is 2.39. The first-order valence-electron chi connectivity index (χ1n) is 5.35. The van der Waals surface area contributed by atoms with E-state index in [4.69, 9.17) is 0 Å². The average molecular weight is 264 g/mol. The molecule has 0 aromatic carbocycles. The van der Waals surface area contributed by atoms with Gasteiger partial charge in [0.15, 0.2) is 0 Å². The fraction of sp³-hybridized carbons (Fsp3) is 1.00. The molecule has 102 valence electrons. The highest BCUT2D eigenvalue weighted by atomic mass is 19.4. The topological polar surface area (TPSA) is 9.23 Å². The van der Waals surface area contributed by atoms with Gasteiger partial charge in [0.2, 0.25) is 0 Å². The summed E-state index contributed by atoms with van der Waals surface area (Å²) in [7, 11) is 0.482. The number of hydrogen-bond donors (Lipinski definition) is 0. The van der Waals surface area contributed by atoms with Gasteiger partial charge in [0.25, 0.3) is 5.60 Å². The van der Waals surface area contributed by atoms with Gasteiger partial charge in [-0.25, -0.2) is 0 Å². The number of methoxy groups -OCH3 is 1. The molecule has 1 aliphatic carbocycles. The van der Waals surface area contributed by atoms with Crippen LogP contribution < -0.4 is 0 Å². The fourth-order valence-electron chi connectivity index (χ4n) is 2.53. The molecule has 0 aliphatic heterocycles. The molecule has 0 N–H and O–H groups in total. The molecule has 1 nitrogen and oxygen atoms in total. The van der Waals surface area contributed by atoms with Gasteiger partial charge in [0, 0.05) is 13.0 Å². The van der Waals surface area contributed by atoms with Gasteiger partial charge in [-0.15, -0.1) is 0 Å². The number of rotatable bonds is 2. The molecule has 0 saturated heterocycles. The van der Waals surface area contributed by atoms with Gasteiger partial charge in [-0.2, -0.15) is 26.3 Å². The first-order chi connectivity index (χ1) is 7.67. The minimum absolute atomic E-state index is 0.104. The van der Waals surface area contributed by atoms with Crippen LogP contribution >= 0.6 is 0 Å². The van der Waals surface area contributed by atoms with Crippen molar-refractivity contribution in [1.82, 2.24) is 0 Å². The van der Waals surface area contributed by atoms with Crippen molar-refractivity contribution in [2.24, 2.45) is 5.92 Å². The molecule has 0 unspecified atom stereocenters. The van der Waals surface area contributed by atoms with E-state index in [-0.39, 0.29) is 12.8 Å². The highest BCUT2D eigenvalue weighted by Crippen LogP contribution is 2.53. The second-order valence-corrected chi connectivity index (χ2v) is 4.27. The summed E-state index contributed by atoms with van der Waals surface area (Å²) in [6, 6.07) is 0. The fourth-order valence-corrected chi connectivity index (χ4v) is 2.53. The van der Waals surface area contributed by atoms with Crippen molar-refractivity contribution in [3.63, 3.8) is 0 Å². The average Bonchev–Trinajstić information content (AvgIpc) is 2.16. The molecule has 7 heteroatoms. The maximum atomic E-state index is 12.8. The minimum Gasteiger partial charge on any atom is -0.361 e. The van der Waals surface area contributed by atoms with Crippen LogP contribution in [-0.4, -0.2) is 25.1 Å². The van der Waals surface area contributed by atoms with Crippen LogP contribution in [0.1, 0.15) is 32.1 Å². The summed E-state index contributed by atoms with van der Waals surface area (Å²) in [5.74, 6) is -1.54. The zero-order valence-electron chi connectivity index (χ0n) is 9.29. The van der Waals surface area contributed by atoms with E-state index in [2.05, 4.69) is 4.74 Å². The highest BCUT2D eigenvalue weighted by Gasteiger charge is 2.74. The normalized spacial score (nSPS) is 20.6. The number of hydrogen-bond acceptors (Lipinski definition) is 1. The second kappa shape index (κ2) is 4.66. The smallest absolute Gasteiger partial charge is 0.361 e. The lowest BCUT2D eigenvalue weighted by Gasteiger charge is -2.43. The first-order valence-corrected chi connectivity index (χ1v) is 5.35. The predicted molar refractivity (Wildman–Crippen MR) is 48.4 cm³/mol. The Bertz CT molecular complexity index is 237. The van der Waals surface area contributed by atoms with E-state index >= 15 is 0 Å². The van der Waals surface area contributed by atoms with E-state index in [1.165, 1.54) is 0 Å². The van der Waals surface area contributed by atoms with Crippen LogP contribution in [0.5, 0.6) is 0 Å². The molecule has 0 atom stereocenters. The maximum Gasteiger partial charge on any atom is 0.426 e. The Morgan fingerprint density at radius 2 is 1.24 bits per heavy atom. The second-order valence-electron chi connectivity index (χ2n) is 4.27. The molecule has 1 fully saturated rings. The van der Waals surface area contributed by atoms with Crippen LogP contribution in [0.4, 0.5) is 26.3 Å². The predicted octanol–water partition coefficient (Wildman–Crippen LogP) is 4.08. The molecular weight excluding hydrogens is 250 g/mol. The largest absolute Gasteiger partial charge is 0.426 e. The van der Waals surface area contributed by atoms with Gasteiger partial charge in [-0.3, -0.25) is 0 Å². The van der Waals surface area contributed by atoms with Crippen molar-refractivity contribution in [3.05, 3.63) is 0 Å². The van der Waals surface area contributed by atoms with Gasteiger partial charge < -0.3 is 4.74 Å². The summed E-state index contributed by atoms with van der Waals surface area (Å²) >= 11 is 0. The van der Waals surface area contributed by atoms with E-state index in [9.17, 15) is 26.3 Å². The van der Waals surface area contributed by atoms with Crippen molar-refractivity contribution in [3.8, 4) is 0 Å². The Kier molecular flexibility index (Phi) is 4.01. The van der Waals surface area contributed by atoms with Crippen LogP contribution in [0.15, 0.2) is 0 Å². The van der Waals surface area contributed by atoms with Gasteiger partial charge in [-0.05, 0) is 12.8 Å². The molecule has 0 spiro atoms. The van der Waals surface area contributed by atoms with Crippen molar-refractivity contribution in [2.45, 2.75) is 50.1 Å². The van der Waals surface area contributed by atoms with Crippen molar-refractivity contribution >= 4 is 0 Å². The summed E-state index contributed by atoms with van der Waals surface area (Å²) in [5, 5.41) is 0. The standard InChI is InChI=1S/C10H14F6O/c1-17-8(9(11,12)13,10(14,15)16)7-5-3-2-4-6-7/h7H,2-6H2,1H3. The maximum absolute atomic E-state index is 12.8. The number of ether oxygens (including phenoxy) is 1. The first kappa shape index (κ1) is 14.6. The Morgan fingerprint density at radius 1 is 0.824 bits per heavy atom. The molecule has 0 aromatic rings. The lowest BCUT2D eigenvalue weighted by Crippen LogP contribution is -2.63. The Morgan fingerprint density at radius 3 is 1.53 bits per heavy atom. The number of alkyl halides is 6. The van der Waals surface area contributed by atoms with Crippen molar-refractivity contribution in [1.29, 1.82) is 0 Å². The van der Waals surface area contributed by atoms with Crippen LogP contribution in [-0.2, 0) is 4.74 Å². The molecule has 1 saturated carbocycles. The van der Waals surface area contributed by atoms with Gasteiger partial charge in [-0.1, -0.05) is 19.3 Å². The Labute approximate surface area is 95.1 Å². The van der Waals surface area contributed by atoms with Gasteiger partial charge in [0.1, 0.15) is 0 Å². The molecule has 0 aromatic heterocycles. The van der Waals surface area contributed by atoms with Crippen molar-refractivity contribution < 1.29 is 31.1 Å². The Hall–Kier alpha value is -0.460. The molecule has 0 bridgehead atoms. The lowest BCUT2D eigenvalue weighted by molar-refractivity contribution is -0.393. The third-order valence-electron chi connectivity index (χ3n) is 3.34. The molecular formula is C10H14F6O. The Balaban J connectivity index is 3.16. The van der Waals surface area contributed by atoms with Crippen LogP contribution in [0.3, 0.4) is 0 Å². The van der Waals surface area contributed by atoms with Crippen LogP contribution in [0.2, 0.25) is 0 Å². The summed E-state index contributed by atoms with van der Waals surface area (Å²) in [6.07, 6.45) is -9.67. The van der Waals surface area contributed by atoms with E-state index in [1.54, 1.807) is 0 Å². The molecule has 1 rings (SSSR count). The zero-order chi connectivity index (χ0) is 13.3. The molecule has 0 heterocycles. The van der Waals surface area contributed by atoms with Gasteiger partial charge >= 0.3 is 12.4 Å². The SMILES string of the molecule is COC(C1CCCCC1)(C(F)(F)F)C(F)(F)F.